The van der Waals surface area contributed by atoms with Crippen molar-refractivity contribution in [2.45, 2.75) is 102 Å². The molecule has 1 N–H and O–H groups in total. The molecule has 188 valence electrons. The van der Waals surface area contributed by atoms with Crippen LogP contribution in [0, 0.1) is 28.6 Å². The quantitative estimate of drug-likeness (QED) is 0.452. The Morgan fingerprint density at radius 1 is 1.03 bits per heavy atom. The number of allylic oxidation sites excluding steroid dienone is 1. The smallest absolute Gasteiger partial charge is 0.334 e. The summed E-state index contributed by atoms with van der Waals surface area (Å²) in [5.41, 5.74) is -2.88. The SMILES string of the molecule is CC1=C(C)C(=O)O[C@@H]([C@]2(C)OC(=O)[C@]34CC[C@H]5[C@@H](C[C@@H]6O[C@@]67CC=CC(=O)[C@]57C)[C@]3(O)CC[C@H]24)C1. The number of hydrogen-bond donors (Lipinski definition) is 1. The third-order valence-electron chi connectivity index (χ3n) is 11.9. The van der Waals surface area contributed by atoms with Crippen LogP contribution in [0.3, 0.4) is 0 Å². The molecule has 2 saturated heterocycles. The molecule has 0 aromatic carbocycles. The molecule has 0 aromatic rings. The average Bonchev–Trinajstić information content (AvgIpc) is 3.34. The number of esters is 2. The van der Waals surface area contributed by atoms with Gasteiger partial charge in [0.05, 0.1) is 17.1 Å². The number of rotatable bonds is 1. The van der Waals surface area contributed by atoms with Crippen molar-refractivity contribution in [2.75, 3.05) is 0 Å². The number of carbonyl (C=O) groups is 3. The fraction of sp³-hybridized carbons (Fsp3) is 0.750. The first kappa shape index (κ1) is 22.2. The number of aliphatic hydroxyl groups is 1. The van der Waals surface area contributed by atoms with E-state index in [4.69, 9.17) is 14.2 Å². The van der Waals surface area contributed by atoms with Crippen molar-refractivity contribution >= 4 is 17.7 Å². The van der Waals surface area contributed by atoms with Crippen LogP contribution in [0.5, 0.6) is 0 Å². The monoisotopic (exact) mass is 482 g/mol. The Morgan fingerprint density at radius 2 is 1.80 bits per heavy atom. The summed E-state index contributed by atoms with van der Waals surface area (Å²) >= 11 is 0. The molecule has 7 heteroatoms. The number of fused-ring (bicyclic) bond motifs is 3. The summed E-state index contributed by atoms with van der Waals surface area (Å²) < 4.78 is 18.3. The second-order valence-electron chi connectivity index (χ2n) is 12.7. The van der Waals surface area contributed by atoms with Crippen molar-refractivity contribution in [1.82, 2.24) is 0 Å². The fourth-order valence-corrected chi connectivity index (χ4v) is 9.80. The van der Waals surface area contributed by atoms with Crippen LogP contribution in [-0.4, -0.2) is 51.8 Å². The summed E-state index contributed by atoms with van der Waals surface area (Å²) in [5, 5.41) is 12.5. The Kier molecular flexibility index (Phi) is 3.99. The minimum atomic E-state index is -1.27. The van der Waals surface area contributed by atoms with Gasteiger partial charge >= 0.3 is 11.9 Å². The molecule has 3 saturated carbocycles. The second-order valence-corrected chi connectivity index (χ2v) is 12.7. The molecule has 0 aromatic heterocycles. The number of carbonyl (C=O) groups excluding carboxylic acids is 3. The molecule has 7 rings (SSSR count). The molecule has 35 heavy (non-hydrogen) atoms. The molecule has 0 amide bonds. The Morgan fingerprint density at radius 3 is 2.54 bits per heavy atom. The van der Waals surface area contributed by atoms with E-state index in [1.165, 1.54) is 0 Å². The lowest BCUT2D eigenvalue weighted by atomic mass is 9.43. The molecular weight excluding hydrogens is 448 g/mol. The summed E-state index contributed by atoms with van der Waals surface area (Å²) in [4.78, 5) is 39.7. The molecule has 3 aliphatic heterocycles. The summed E-state index contributed by atoms with van der Waals surface area (Å²) in [6.45, 7) is 7.61. The first-order valence-electron chi connectivity index (χ1n) is 13.2. The van der Waals surface area contributed by atoms with E-state index in [1.54, 1.807) is 13.0 Å². The first-order valence-corrected chi connectivity index (χ1v) is 13.2. The molecular formula is C28H34O7. The van der Waals surface area contributed by atoms with Crippen molar-refractivity contribution in [3.8, 4) is 0 Å². The van der Waals surface area contributed by atoms with Crippen LogP contribution < -0.4 is 0 Å². The number of ketones is 1. The standard InChI is InChI=1S/C28H34O7/c1-14-12-20(33-22(30)15(14)2)25(4)18-8-11-27(32)17-13-21-28(34-21)9-5-6-19(29)24(28,3)16(17)7-10-26(18,27)23(31)35-25/h5-6,16-18,20-21,32H,7-13H2,1-4H3/t16-,17+,18+,20+,21-,24-,25+,26+,27+,28-/m0/s1. The number of ether oxygens (including phenoxy) is 3. The Hall–Kier alpha value is -1.99. The zero-order chi connectivity index (χ0) is 24.8. The maximum Gasteiger partial charge on any atom is 0.334 e. The van der Waals surface area contributed by atoms with E-state index in [1.807, 2.05) is 26.8 Å². The summed E-state index contributed by atoms with van der Waals surface area (Å²) in [6, 6.07) is 0. The second kappa shape index (κ2) is 6.28. The van der Waals surface area contributed by atoms with E-state index in [2.05, 4.69) is 0 Å². The molecule has 0 radical (unpaired) electrons. The van der Waals surface area contributed by atoms with Crippen molar-refractivity contribution in [3.63, 3.8) is 0 Å². The van der Waals surface area contributed by atoms with Crippen LogP contribution in [0.15, 0.2) is 23.3 Å². The minimum absolute atomic E-state index is 0.0481. The topological polar surface area (TPSA) is 102 Å². The number of epoxide rings is 1. The van der Waals surface area contributed by atoms with Crippen LogP contribution in [0.2, 0.25) is 0 Å². The molecule has 0 unspecified atom stereocenters. The summed E-state index contributed by atoms with van der Waals surface area (Å²) in [6.07, 6.45) is 7.15. The van der Waals surface area contributed by atoms with E-state index in [0.29, 0.717) is 44.1 Å². The largest absolute Gasteiger partial charge is 0.455 e. The Labute approximate surface area is 205 Å². The fourth-order valence-electron chi connectivity index (χ4n) is 9.80. The van der Waals surface area contributed by atoms with Crippen molar-refractivity contribution < 1.29 is 33.7 Å². The lowest BCUT2D eigenvalue weighted by molar-refractivity contribution is -0.201. The number of hydrogen-bond acceptors (Lipinski definition) is 7. The van der Waals surface area contributed by atoms with E-state index in [0.717, 1.165) is 12.0 Å². The van der Waals surface area contributed by atoms with Gasteiger partial charge in [-0.05, 0) is 84.1 Å². The summed E-state index contributed by atoms with van der Waals surface area (Å²) in [7, 11) is 0. The molecule has 7 nitrogen and oxygen atoms in total. The molecule has 10 atom stereocenters. The van der Waals surface area contributed by atoms with Crippen LogP contribution in [0.1, 0.15) is 72.6 Å². The van der Waals surface area contributed by atoms with Gasteiger partial charge in [0.15, 0.2) is 11.4 Å². The number of cyclic esters (lactones) is 2. The highest BCUT2D eigenvalue weighted by Crippen LogP contribution is 2.76. The van der Waals surface area contributed by atoms with Crippen LogP contribution in [0.25, 0.3) is 0 Å². The third kappa shape index (κ3) is 2.18. The van der Waals surface area contributed by atoms with E-state index >= 15 is 0 Å². The van der Waals surface area contributed by atoms with Crippen LogP contribution in [-0.2, 0) is 28.6 Å². The van der Waals surface area contributed by atoms with E-state index in [-0.39, 0.29) is 41.6 Å². The van der Waals surface area contributed by atoms with Crippen LogP contribution in [0.4, 0.5) is 0 Å². The maximum atomic E-state index is 13.9. The predicted molar refractivity (Wildman–Crippen MR) is 123 cm³/mol. The molecule has 2 spiro atoms. The highest BCUT2D eigenvalue weighted by Gasteiger charge is 2.84. The van der Waals surface area contributed by atoms with Gasteiger partial charge in [0.25, 0.3) is 0 Å². The van der Waals surface area contributed by atoms with E-state index < -0.39 is 33.7 Å². The molecule has 7 aliphatic rings. The van der Waals surface area contributed by atoms with Gasteiger partial charge in [0.1, 0.15) is 17.1 Å². The lowest BCUT2D eigenvalue weighted by Gasteiger charge is -2.59. The molecule has 4 aliphatic carbocycles. The third-order valence-corrected chi connectivity index (χ3v) is 11.9. The molecule has 5 fully saturated rings. The lowest BCUT2D eigenvalue weighted by Crippen LogP contribution is -2.67. The van der Waals surface area contributed by atoms with Crippen LogP contribution >= 0.6 is 0 Å². The van der Waals surface area contributed by atoms with Gasteiger partial charge in [-0.15, -0.1) is 0 Å². The average molecular weight is 483 g/mol. The summed E-state index contributed by atoms with van der Waals surface area (Å²) in [5.74, 6) is -1.15. The van der Waals surface area contributed by atoms with Gasteiger partial charge in [-0.2, -0.15) is 0 Å². The highest BCUT2D eigenvalue weighted by molar-refractivity contribution is 5.98. The predicted octanol–water partition coefficient (Wildman–Crippen LogP) is 3.18. The van der Waals surface area contributed by atoms with Gasteiger partial charge in [0, 0.05) is 17.9 Å². The Balaban J connectivity index is 1.29. The van der Waals surface area contributed by atoms with Gasteiger partial charge in [-0.3, -0.25) is 9.59 Å². The van der Waals surface area contributed by atoms with Gasteiger partial charge < -0.3 is 19.3 Å². The first-order chi connectivity index (χ1) is 16.5. The zero-order valence-electron chi connectivity index (χ0n) is 20.9. The highest BCUT2D eigenvalue weighted by atomic mass is 16.6. The normalized spacial score (nSPS) is 55.9. The van der Waals surface area contributed by atoms with Crippen molar-refractivity contribution in [1.29, 1.82) is 0 Å². The molecule has 3 heterocycles. The maximum absolute atomic E-state index is 13.9. The van der Waals surface area contributed by atoms with Crippen molar-refractivity contribution in [3.05, 3.63) is 23.3 Å². The van der Waals surface area contributed by atoms with Gasteiger partial charge in [-0.1, -0.05) is 11.6 Å². The van der Waals surface area contributed by atoms with Gasteiger partial charge in [-0.25, -0.2) is 4.79 Å². The Bertz CT molecular complexity index is 1150. The minimum Gasteiger partial charge on any atom is -0.455 e. The zero-order valence-corrected chi connectivity index (χ0v) is 20.9. The van der Waals surface area contributed by atoms with Gasteiger partial charge in [0.2, 0.25) is 0 Å². The van der Waals surface area contributed by atoms with E-state index in [9.17, 15) is 19.5 Å². The van der Waals surface area contributed by atoms with Crippen molar-refractivity contribution in [2.24, 2.45) is 28.6 Å². The molecule has 0 bridgehead atoms.